The highest BCUT2D eigenvalue weighted by molar-refractivity contribution is 5.51. The van der Waals surface area contributed by atoms with Crippen LogP contribution in [0, 0.1) is 11.3 Å². The van der Waals surface area contributed by atoms with E-state index in [1.165, 1.54) is 38.8 Å². The van der Waals surface area contributed by atoms with Gasteiger partial charge in [-0.2, -0.15) is 0 Å². The zero-order valence-corrected chi connectivity index (χ0v) is 16.5. The summed E-state index contributed by atoms with van der Waals surface area (Å²) in [5.74, 6) is 1.40. The smallest absolute Gasteiger partial charge is 0.0354 e. The summed E-state index contributed by atoms with van der Waals surface area (Å²) >= 11 is 0. The molecule has 0 saturated carbocycles. The predicted octanol–water partition coefficient (Wildman–Crippen LogP) is 5.73. The number of aryl methyl sites for hydroxylation is 2. The Labute approximate surface area is 158 Å². The fraction of sp³-hybridized carbons (Fsp3) is 0.520. The van der Waals surface area contributed by atoms with Crippen molar-refractivity contribution in [2.45, 2.75) is 58.4 Å². The van der Waals surface area contributed by atoms with E-state index in [4.69, 9.17) is 0 Å². The largest absolute Gasteiger partial charge is 0.295 e. The van der Waals surface area contributed by atoms with E-state index in [0.29, 0.717) is 17.4 Å². The molecule has 136 valence electrons. The van der Waals surface area contributed by atoms with Crippen LogP contribution in [-0.2, 0) is 12.8 Å². The van der Waals surface area contributed by atoms with E-state index in [2.05, 4.69) is 68.1 Å². The maximum atomic E-state index is 2.81. The highest BCUT2D eigenvalue weighted by Gasteiger charge is 2.42. The summed E-state index contributed by atoms with van der Waals surface area (Å²) in [6, 6.07) is 17.0. The van der Waals surface area contributed by atoms with Crippen molar-refractivity contribution >= 4 is 0 Å². The number of rotatable bonds is 0. The molecule has 0 spiro atoms. The van der Waals surface area contributed by atoms with Gasteiger partial charge in [0.25, 0.3) is 0 Å². The Morgan fingerprint density at radius 3 is 2.46 bits per heavy atom. The number of benzene rings is 2. The lowest BCUT2D eigenvalue weighted by molar-refractivity contribution is 0.0511. The Morgan fingerprint density at radius 2 is 1.62 bits per heavy atom. The molecule has 1 saturated heterocycles. The van der Waals surface area contributed by atoms with Crippen molar-refractivity contribution in [2.24, 2.45) is 11.3 Å². The van der Waals surface area contributed by atoms with E-state index in [1.54, 1.807) is 27.8 Å². The second kappa shape index (κ2) is 5.96. The number of hydrogen-bond acceptors (Lipinski definition) is 1. The summed E-state index contributed by atoms with van der Waals surface area (Å²) in [5, 5.41) is 0. The molecular formula is C25H31N. The zero-order chi connectivity index (χ0) is 17.9. The van der Waals surface area contributed by atoms with Gasteiger partial charge >= 0.3 is 0 Å². The molecule has 26 heavy (non-hydrogen) atoms. The third-order valence-corrected chi connectivity index (χ3v) is 7.39. The van der Waals surface area contributed by atoms with Crippen LogP contribution in [0.1, 0.15) is 73.4 Å². The molecule has 2 aromatic rings. The molecule has 5 rings (SSSR count). The Kier molecular flexibility index (Phi) is 3.79. The average Bonchev–Trinajstić information content (AvgIpc) is 2.80. The van der Waals surface area contributed by atoms with Crippen molar-refractivity contribution in [1.82, 2.24) is 4.90 Å². The molecule has 1 heteroatoms. The van der Waals surface area contributed by atoms with E-state index in [1.807, 2.05) is 0 Å². The molecular weight excluding hydrogens is 314 g/mol. The molecule has 1 unspecified atom stereocenters. The Morgan fingerprint density at radius 1 is 0.885 bits per heavy atom. The van der Waals surface area contributed by atoms with Crippen molar-refractivity contribution in [3.63, 3.8) is 0 Å². The predicted molar refractivity (Wildman–Crippen MR) is 109 cm³/mol. The Balaban J connectivity index is 1.62. The van der Waals surface area contributed by atoms with Crippen molar-refractivity contribution in [3.05, 3.63) is 70.3 Å². The van der Waals surface area contributed by atoms with Crippen LogP contribution in [-0.4, -0.2) is 18.0 Å². The van der Waals surface area contributed by atoms with Gasteiger partial charge in [0.1, 0.15) is 0 Å². The van der Waals surface area contributed by atoms with Crippen LogP contribution < -0.4 is 0 Å². The first-order chi connectivity index (χ1) is 12.5. The minimum absolute atomic E-state index is 0.418. The Hall–Kier alpha value is -1.60. The fourth-order valence-corrected chi connectivity index (χ4v) is 5.86. The van der Waals surface area contributed by atoms with Crippen molar-refractivity contribution in [1.29, 1.82) is 0 Å². The first-order valence-electron chi connectivity index (χ1n) is 10.5. The summed E-state index contributed by atoms with van der Waals surface area (Å²) in [6.45, 7) is 9.76. The molecule has 1 aliphatic carbocycles. The van der Waals surface area contributed by atoms with E-state index < -0.39 is 0 Å². The standard InChI is InChI=1S/C25H31N/c1-25(2,3)19-13-14-26-16-22-20-9-5-4-7-17(20)11-12-18-8-6-10-21(24(18)22)23(26)15-19/h4-10,19,22-23H,11-16H2,1-3H3/t19?,22-,23+/m0/s1. The summed E-state index contributed by atoms with van der Waals surface area (Å²) in [4.78, 5) is 2.81. The molecule has 2 aromatic carbocycles. The van der Waals surface area contributed by atoms with Gasteiger partial charge in [0.05, 0.1) is 0 Å². The normalized spacial score (nSPS) is 27.9. The van der Waals surface area contributed by atoms with Gasteiger partial charge in [0.15, 0.2) is 0 Å². The average molecular weight is 346 g/mol. The quantitative estimate of drug-likeness (QED) is 0.589. The van der Waals surface area contributed by atoms with E-state index in [0.717, 1.165) is 5.92 Å². The van der Waals surface area contributed by atoms with Crippen molar-refractivity contribution in [3.8, 4) is 0 Å². The van der Waals surface area contributed by atoms with Gasteiger partial charge in [-0.1, -0.05) is 63.2 Å². The molecule has 3 atom stereocenters. The third kappa shape index (κ3) is 2.55. The number of hydrogen-bond donors (Lipinski definition) is 0. The van der Waals surface area contributed by atoms with Gasteiger partial charge in [-0.05, 0) is 71.4 Å². The van der Waals surface area contributed by atoms with Gasteiger partial charge in [-0.3, -0.25) is 4.90 Å². The van der Waals surface area contributed by atoms with Gasteiger partial charge in [-0.15, -0.1) is 0 Å². The van der Waals surface area contributed by atoms with E-state index in [9.17, 15) is 0 Å². The van der Waals surface area contributed by atoms with Crippen LogP contribution in [0.2, 0.25) is 0 Å². The Bertz CT molecular complexity index is 828. The second-order valence-corrected chi connectivity index (χ2v) is 9.77. The maximum absolute atomic E-state index is 2.81. The monoisotopic (exact) mass is 345 g/mol. The molecule has 0 radical (unpaired) electrons. The van der Waals surface area contributed by atoms with Crippen LogP contribution >= 0.6 is 0 Å². The van der Waals surface area contributed by atoms with Crippen molar-refractivity contribution < 1.29 is 0 Å². The molecule has 0 bridgehead atoms. The van der Waals surface area contributed by atoms with Crippen LogP contribution in [0.25, 0.3) is 0 Å². The lowest BCUT2D eigenvalue weighted by Gasteiger charge is -2.49. The third-order valence-electron chi connectivity index (χ3n) is 7.39. The number of piperidine rings is 1. The van der Waals surface area contributed by atoms with E-state index in [-0.39, 0.29) is 0 Å². The van der Waals surface area contributed by atoms with Crippen molar-refractivity contribution in [2.75, 3.05) is 13.1 Å². The van der Waals surface area contributed by atoms with Crippen LogP contribution in [0.15, 0.2) is 42.5 Å². The molecule has 0 N–H and O–H groups in total. The lowest BCUT2D eigenvalue weighted by Crippen LogP contribution is -2.45. The highest BCUT2D eigenvalue weighted by atomic mass is 15.2. The maximum Gasteiger partial charge on any atom is 0.0354 e. The van der Waals surface area contributed by atoms with E-state index >= 15 is 0 Å². The summed E-state index contributed by atoms with van der Waals surface area (Å²) < 4.78 is 0. The van der Waals surface area contributed by atoms with Crippen LogP contribution in [0.4, 0.5) is 0 Å². The van der Waals surface area contributed by atoms with Gasteiger partial charge in [0.2, 0.25) is 0 Å². The lowest BCUT2D eigenvalue weighted by atomic mass is 9.69. The molecule has 2 heterocycles. The van der Waals surface area contributed by atoms with Gasteiger partial charge < -0.3 is 0 Å². The van der Waals surface area contributed by atoms with Gasteiger partial charge in [-0.25, -0.2) is 0 Å². The van der Waals surface area contributed by atoms with Gasteiger partial charge in [0, 0.05) is 18.5 Å². The molecule has 3 aliphatic rings. The molecule has 2 aliphatic heterocycles. The summed E-state index contributed by atoms with van der Waals surface area (Å²) in [6.07, 6.45) is 5.07. The number of nitrogens with zero attached hydrogens (tertiary/aromatic N) is 1. The molecule has 0 amide bonds. The molecule has 0 aromatic heterocycles. The number of fused-ring (bicyclic) bond motifs is 4. The second-order valence-electron chi connectivity index (χ2n) is 9.77. The SMILES string of the molecule is CC(C)(C)C1CCN2C[C@H]3c4ccccc4CCc4cccc(c43)[C@H]2C1. The van der Waals surface area contributed by atoms with Crippen LogP contribution in [0.3, 0.4) is 0 Å². The minimum atomic E-state index is 0.418. The summed E-state index contributed by atoms with van der Waals surface area (Å²) in [5.41, 5.74) is 8.53. The highest BCUT2D eigenvalue weighted by Crippen LogP contribution is 2.50. The fourth-order valence-electron chi connectivity index (χ4n) is 5.86. The zero-order valence-electron chi connectivity index (χ0n) is 16.5. The summed E-state index contributed by atoms with van der Waals surface area (Å²) in [7, 11) is 0. The minimum Gasteiger partial charge on any atom is -0.295 e. The molecule has 1 nitrogen and oxygen atoms in total. The molecule has 1 fully saturated rings. The van der Waals surface area contributed by atoms with Crippen LogP contribution in [0.5, 0.6) is 0 Å². The first-order valence-corrected chi connectivity index (χ1v) is 10.5. The first kappa shape index (κ1) is 16.6. The topological polar surface area (TPSA) is 3.24 Å².